The fourth-order valence-electron chi connectivity index (χ4n) is 1.33. The van der Waals surface area contributed by atoms with Crippen molar-refractivity contribution in [1.82, 2.24) is 0 Å². The van der Waals surface area contributed by atoms with E-state index in [1.54, 1.807) is 0 Å². The van der Waals surface area contributed by atoms with Gasteiger partial charge in [-0.15, -0.1) is 0 Å². The molecule has 0 fully saturated rings. The standard InChI is InChI=1S/C10H7F3O4/c1-15-8(14)5-2-3-6-7(4-5)17-9(16-6)10(11,12)13/h2-4,9H,1H3/t9-/m1/s1. The molecule has 0 saturated heterocycles. The van der Waals surface area contributed by atoms with E-state index < -0.39 is 18.4 Å². The Morgan fingerprint density at radius 3 is 2.53 bits per heavy atom. The molecule has 1 aromatic rings. The predicted molar refractivity (Wildman–Crippen MR) is 48.9 cm³/mol. The molecule has 0 aromatic heterocycles. The van der Waals surface area contributed by atoms with Gasteiger partial charge in [0.15, 0.2) is 11.5 Å². The minimum absolute atomic E-state index is 0.0556. The molecule has 1 aromatic carbocycles. The topological polar surface area (TPSA) is 44.8 Å². The van der Waals surface area contributed by atoms with E-state index in [2.05, 4.69) is 14.2 Å². The normalized spacial score (nSPS) is 18.0. The van der Waals surface area contributed by atoms with Crippen molar-refractivity contribution in [2.24, 2.45) is 0 Å². The Bertz CT molecular complexity index is 455. The zero-order valence-corrected chi connectivity index (χ0v) is 8.58. The Morgan fingerprint density at radius 1 is 1.29 bits per heavy atom. The van der Waals surface area contributed by atoms with Crippen LogP contribution in [0.2, 0.25) is 0 Å². The van der Waals surface area contributed by atoms with E-state index in [4.69, 9.17) is 0 Å². The first-order valence-electron chi connectivity index (χ1n) is 4.54. The SMILES string of the molecule is COC(=O)c1ccc2c(c1)O[C@H](C(F)(F)F)O2. The number of methoxy groups -OCH3 is 1. The lowest BCUT2D eigenvalue weighted by Crippen LogP contribution is -2.35. The molecule has 0 amide bonds. The number of benzene rings is 1. The number of alkyl halides is 3. The summed E-state index contributed by atoms with van der Waals surface area (Å²) < 4.78 is 50.5. The summed E-state index contributed by atoms with van der Waals surface area (Å²) in [6, 6.07) is 3.67. The molecule has 0 bridgehead atoms. The minimum atomic E-state index is -4.62. The Morgan fingerprint density at radius 2 is 1.94 bits per heavy atom. The molecule has 2 rings (SSSR count). The van der Waals surface area contributed by atoms with E-state index in [0.29, 0.717) is 0 Å². The maximum absolute atomic E-state index is 12.3. The first kappa shape index (κ1) is 11.6. The fraction of sp³-hybridized carbons (Fsp3) is 0.300. The molecule has 0 spiro atoms. The molecule has 4 nitrogen and oxygen atoms in total. The van der Waals surface area contributed by atoms with Crippen LogP contribution in [0.25, 0.3) is 0 Å². The second kappa shape index (κ2) is 3.83. The largest absolute Gasteiger partial charge is 0.465 e. The Hall–Kier alpha value is -1.92. The van der Waals surface area contributed by atoms with Gasteiger partial charge in [-0.3, -0.25) is 0 Å². The summed E-state index contributed by atoms with van der Waals surface area (Å²) in [5.74, 6) is -0.845. The van der Waals surface area contributed by atoms with Crippen molar-refractivity contribution >= 4 is 5.97 Å². The van der Waals surface area contributed by atoms with Gasteiger partial charge in [-0.05, 0) is 18.2 Å². The quantitative estimate of drug-likeness (QED) is 0.714. The molecule has 0 radical (unpaired) electrons. The fourth-order valence-corrected chi connectivity index (χ4v) is 1.33. The lowest BCUT2D eigenvalue weighted by molar-refractivity contribution is -0.242. The monoisotopic (exact) mass is 248 g/mol. The van der Waals surface area contributed by atoms with Crippen LogP contribution >= 0.6 is 0 Å². The summed E-state index contributed by atoms with van der Waals surface area (Å²) in [5.41, 5.74) is 0.0951. The molecule has 1 aliphatic rings. The molecule has 17 heavy (non-hydrogen) atoms. The van der Waals surface area contributed by atoms with Gasteiger partial charge in [-0.1, -0.05) is 0 Å². The van der Waals surface area contributed by atoms with Crippen molar-refractivity contribution in [2.45, 2.75) is 12.5 Å². The lowest BCUT2D eigenvalue weighted by atomic mass is 10.2. The van der Waals surface area contributed by atoms with Gasteiger partial charge in [0.2, 0.25) is 0 Å². The van der Waals surface area contributed by atoms with E-state index in [0.717, 1.165) is 6.07 Å². The van der Waals surface area contributed by atoms with Crippen molar-refractivity contribution in [3.8, 4) is 11.5 Å². The van der Waals surface area contributed by atoms with Crippen molar-refractivity contribution in [3.63, 3.8) is 0 Å². The van der Waals surface area contributed by atoms with Gasteiger partial charge in [0.1, 0.15) is 0 Å². The minimum Gasteiger partial charge on any atom is -0.465 e. The van der Waals surface area contributed by atoms with E-state index in [9.17, 15) is 18.0 Å². The molecular formula is C10H7F3O4. The zero-order valence-electron chi connectivity index (χ0n) is 8.58. The molecule has 1 atom stereocenters. The average molecular weight is 248 g/mol. The number of carbonyl (C=O) groups is 1. The third-order valence-corrected chi connectivity index (χ3v) is 2.10. The highest BCUT2D eigenvalue weighted by Gasteiger charge is 2.48. The zero-order chi connectivity index (χ0) is 12.6. The average Bonchev–Trinajstić information content (AvgIpc) is 2.70. The summed E-state index contributed by atoms with van der Waals surface area (Å²) in [5, 5.41) is 0. The summed E-state index contributed by atoms with van der Waals surface area (Å²) in [6.07, 6.45) is -6.95. The highest BCUT2D eigenvalue weighted by molar-refractivity contribution is 5.90. The van der Waals surface area contributed by atoms with E-state index >= 15 is 0 Å². The summed E-state index contributed by atoms with van der Waals surface area (Å²) in [7, 11) is 1.17. The second-order valence-electron chi connectivity index (χ2n) is 3.26. The van der Waals surface area contributed by atoms with E-state index in [1.165, 1.54) is 19.2 Å². The van der Waals surface area contributed by atoms with Gasteiger partial charge in [-0.25, -0.2) is 4.79 Å². The number of hydrogen-bond acceptors (Lipinski definition) is 4. The lowest BCUT2D eigenvalue weighted by Gasteiger charge is -2.12. The van der Waals surface area contributed by atoms with Crippen LogP contribution < -0.4 is 9.47 Å². The molecule has 1 heterocycles. The maximum atomic E-state index is 12.3. The number of fused-ring (bicyclic) bond motifs is 1. The van der Waals surface area contributed by atoms with Crippen molar-refractivity contribution in [3.05, 3.63) is 23.8 Å². The van der Waals surface area contributed by atoms with Gasteiger partial charge in [0.25, 0.3) is 0 Å². The Labute approximate surface area is 93.9 Å². The maximum Gasteiger partial charge on any atom is 0.464 e. The van der Waals surface area contributed by atoms with E-state index in [1.807, 2.05) is 0 Å². The molecule has 92 valence electrons. The van der Waals surface area contributed by atoms with E-state index in [-0.39, 0.29) is 17.1 Å². The Kier molecular flexibility index (Phi) is 2.60. The van der Waals surface area contributed by atoms with Gasteiger partial charge < -0.3 is 14.2 Å². The number of ether oxygens (including phenoxy) is 3. The highest BCUT2D eigenvalue weighted by Crippen LogP contribution is 2.40. The predicted octanol–water partition coefficient (Wildman–Crippen LogP) is 2.13. The molecular weight excluding hydrogens is 241 g/mol. The number of carbonyl (C=O) groups excluding carboxylic acids is 1. The summed E-state index contributed by atoms with van der Waals surface area (Å²) in [4.78, 5) is 11.2. The van der Waals surface area contributed by atoms with Crippen molar-refractivity contribution in [2.75, 3.05) is 7.11 Å². The molecule has 1 aliphatic heterocycles. The highest BCUT2D eigenvalue weighted by atomic mass is 19.4. The van der Waals surface area contributed by atoms with Crippen LogP contribution in [0.5, 0.6) is 11.5 Å². The van der Waals surface area contributed by atoms with Crippen LogP contribution in [-0.4, -0.2) is 25.5 Å². The van der Waals surface area contributed by atoms with Crippen molar-refractivity contribution < 1.29 is 32.2 Å². The number of rotatable bonds is 1. The van der Waals surface area contributed by atoms with Gasteiger partial charge >= 0.3 is 18.4 Å². The number of hydrogen-bond donors (Lipinski definition) is 0. The van der Waals surface area contributed by atoms with Crippen LogP contribution in [0.15, 0.2) is 18.2 Å². The van der Waals surface area contributed by atoms with Crippen LogP contribution in [0.4, 0.5) is 13.2 Å². The summed E-state index contributed by atoms with van der Waals surface area (Å²) >= 11 is 0. The number of halogens is 3. The van der Waals surface area contributed by atoms with Crippen molar-refractivity contribution in [1.29, 1.82) is 0 Å². The smallest absolute Gasteiger partial charge is 0.464 e. The molecule has 7 heteroatoms. The van der Waals surface area contributed by atoms with Crippen LogP contribution in [0, 0.1) is 0 Å². The van der Waals surface area contributed by atoms with Crippen LogP contribution in [-0.2, 0) is 4.74 Å². The summed E-state index contributed by atoms with van der Waals surface area (Å²) in [6.45, 7) is 0. The molecule has 0 N–H and O–H groups in total. The van der Waals surface area contributed by atoms with Gasteiger partial charge in [-0.2, -0.15) is 13.2 Å². The first-order chi connectivity index (χ1) is 7.91. The van der Waals surface area contributed by atoms with Gasteiger partial charge in [0, 0.05) is 0 Å². The van der Waals surface area contributed by atoms with Crippen LogP contribution in [0.1, 0.15) is 10.4 Å². The third-order valence-electron chi connectivity index (χ3n) is 2.10. The van der Waals surface area contributed by atoms with Crippen LogP contribution in [0.3, 0.4) is 0 Å². The number of esters is 1. The molecule has 0 aliphatic carbocycles. The second-order valence-corrected chi connectivity index (χ2v) is 3.26. The first-order valence-corrected chi connectivity index (χ1v) is 4.54. The third kappa shape index (κ3) is 2.13. The Balaban J connectivity index is 2.25. The molecule has 0 saturated carbocycles. The van der Waals surface area contributed by atoms with Gasteiger partial charge in [0.05, 0.1) is 12.7 Å². The molecule has 0 unspecified atom stereocenters.